The minimum Gasteiger partial charge on any atom is -0.393 e. The highest BCUT2D eigenvalue weighted by Crippen LogP contribution is 2.31. The Morgan fingerprint density at radius 1 is 1.36 bits per heavy atom. The molecule has 66 valence electrons. The van der Waals surface area contributed by atoms with Crippen molar-refractivity contribution in [1.29, 1.82) is 0 Å². The van der Waals surface area contributed by atoms with Crippen molar-refractivity contribution in [3.05, 3.63) is 0 Å². The predicted molar refractivity (Wildman–Crippen MR) is 47.4 cm³/mol. The average molecular weight is 156 g/mol. The molecule has 1 heteroatoms. The van der Waals surface area contributed by atoms with Gasteiger partial charge in [-0.25, -0.2) is 0 Å². The first-order valence-electron chi connectivity index (χ1n) is 4.92. The van der Waals surface area contributed by atoms with Crippen LogP contribution < -0.4 is 0 Å². The largest absolute Gasteiger partial charge is 0.393 e. The van der Waals surface area contributed by atoms with Gasteiger partial charge in [0.1, 0.15) is 0 Å². The summed E-state index contributed by atoms with van der Waals surface area (Å²) >= 11 is 0. The Morgan fingerprint density at radius 3 is 2.73 bits per heavy atom. The predicted octanol–water partition coefficient (Wildman–Crippen LogP) is 2.58. The van der Waals surface area contributed by atoms with Crippen LogP contribution in [0.25, 0.3) is 0 Å². The minimum atomic E-state index is 0.00569. The number of hydrogen-bond donors (Lipinski definition) is 1. The Kier molecular flexibility index (Phi) is 3.38. The van der Waals surface area contributed by atoms with Crippen molar-refractivity contribution < 1.29 is 5.11 Å². The van der Waals surface area contributed by atoms with Crippen LogP contribution in [0.3, 0.4) is 0 Å². The van der Waals surface area contributed by atoms with Gasteiger partial charge >= 0.3 is 0 Å². The zero-order valence-electron chi connectivity index (χ0n) is 7.71. The number of rotatable bonds is 2. The summed E-state index contributed by atoms with van der Waals surface area (Å²) < 4.78 is 0. The molecule has 3 atom stereocenters. The molecule has 0 aromatic carbocycles. The monoisotopic (exact) mass is 156 g/mol. The van der Waals surface area contributed by atoms with Crippen LogP contribution in [0.2, 0.25) is 0 Å². The fraction of sp³-hybridized carbons (Fsp3) is 1.00. The molecule has 1 aliphatic carbocycles. The molecule has 0 aliphatic heterocycles. The molecule has 1 fully saturated rings. The van der Waals surface area contributed by atoms with Gasteiger partial charge in [-0.05, 0) is 37.5 Å². The lowest BCUT2D eigenvalue weighted by Gasteiger charge is -2.31. The van der Waals surface area contributed by atoms with Crippen LogP contribution in [0, 0.1) is 11.8 Å². The Morgan fingerprint density at radius 2 is 2.09 bits per heavy atom. The van der Waals surface area contributed by atoms with Gasteiger partial charge in [-0.2, -0.15) is 0 Å². The molecule has 1 aliphatic rings. The first-order valence-corrected chi connectivity index (χ1v) is 4.92. The summed E-state index contributed by atoms with van der Waals surface area (Å²) in [5, 5.41) is 9.62. The van der Waals surface area contributed by atoms with Gasteiger partial charge in [0.05, 0.1) is 6.10 Å². The zero-order chi connectivity index (χ0) is 8.27. The van der Waals surface area contributed by atoms with Gasteiger partial charge < -0.3 is 5.11 Å². The highest BCUT2D eigenvalue weighted by molar-refractivity contribution is 4.77. The third kappa shape index (κ3) is 2.48. The van der Waals surface area contributed by atoms with Gasteiger partial charge in [-0.3, -0.25) is 0 Å². The zero-order valence-corrected chi connectivity index (χ0v) is 7.71. The molecule has 0 aromatic heterocycles. The van der Waals surface area contributed by atoms with Gasteiger partial charge in [-0.15, -0.1) is 0 Å². The number of aliphatic hydroxyl groups excluding tert-OH is 1. The van der Waals surface area contributed by atoms with E-state index in [9.17, 15) is 5.11 Å². The molecular formula is C10H20O. The summed E-state index contributed by atoms with van der Waals surface area (Å²) in [7, 11) is 0. The van der Waals surface area contributed by atoms with Gasteiger partial charge in [0.25, 0.3) is 0 Å². The van der Waals surface area contributed by atoms with Crippen molar-refractivity contribution in [3.8, 4) is 0 Å². The standard InChI is InChI=1S/C10H20O/c1-3-4-9-7-8(2)5-6-10(9)11/h8-11H,3-7H2,1-2H3. The third-order valence-electron chi connectivity index (χ3n) is 2.86. The molecule has 3 unspecified atom stereocenters. The molecule has 0 saturated heterocycles. The molecule has 1 nitrogen and oxygen atoms in total. The fourth-order valence-electron chi connectivity index (χ4n) is 2.16. The van der Waals surface area contributed by atoms with E-state index < -0.39 is 0 Å². The van der Waals surface area contributed by atoms with Crippen LogP contribution in [0.5, 0.6) is 0 Å². The Labute approximate surface area is 69.8 Å². The van der Waals surface area contributed by atoms with Gasteiger partial charge in [0, 0.05) is 0 Å². The van der Waals surface area contributed by atoms with E-state index in [-0.39, 0.29) is 6.10 Å². The molecule has 0 radical (unpaired) electrons. The smallest absolute Gasteiger partial charge is 0.0568 e. The average Bonchev–Trinajstić information content (AvgIpc) is 1.98. The summed E-state index contributed by atoms with van der Waals surface area (Å²) in [6.07, 6.45) is 5.94. The maximum absolute atomic E-state index is 9.62. The van der Waals surface area contributed by atoms with Crippen molar-refractivity contribution in [3.63, 3.8) is 0 Å². The Hall–Kier alpha value is -0.0400. The molecular weight excluding hydrogens is 136 g/mol. The summed E-state index contributed by atoms with van der Waals surface area (Å²) in [5.74, 6) is 1.44. The van der Waals surface area contributed by atoms with E-state index in [1.54, 1.807) is 0 Å². The van der Waals surface area contributed by atoms with Crippen LogP contribution in [0.4, 0.5) is 0 Å². The lowest BCUT2D eigenvalue weighted by atomic mass is 9.78. The van der Waals surface area contributed by atoms with E-state index in [0.717, 1.165) is 12.3 Å². The van der Waals surface area contributed by atoms with Crippen LogP contribution in [-0.4, -0.2) is 11.2 Å². The van der Waals surface area contributed by atoms with Gasteiger partial charge in [0.2, 0.25) is 0 Å². The van der Waals surface area contributed by atoms with Crippen molar-refractivity contribution >= 4 is 0 Å². The van der Waals surface area contributed by atoms with E-state index in [0.29, 0.717) is 5.92 Å². The minimum absolute atomic E-state index is 0.00569. The second-order valence-electron chi connectivity index (χ2n) is 4.03. The van der Waals surface area contributed by atoms with Crippen molar-refractivity contribution in [2.75, 3.05) is 0 Å². The molecule has 0 bridgehead atoms. The lowest BCUT2D eigenvalue weighted by molar-refractivity contribution is 0.0471. The summed E-state index contributed by atoms with van der Waals surface area (Å²) in [5.41, 5.74) is 0. The van der Waals surface area contributed by atoms with Gasteiger partial charge in [0.15, 0.2) is 0 Å². The maximum atomic E-state index is 9.62. The van der Waals surface area contributed by atoms with E-state index >= 15 is 0 Å². The van der Waals surface area contributed by atoms with Crippen LogP contribution >= 0.6 is 0 Å². The lowest BCUT2D eigenvalue weighted by Crippen LogP contribution is -2.27. The molecule has 11 heavy (non-hydrogen) atoms. The Bertz CT molecular complexity index is 111. The topological polar surface area (TPSA) is 20.2 Å². The van der Waals surface area contributed by atoms with Crippen molar-refractivity contribution in [2.45, 2.75) is 52.1 Å². The normalized spacial score (nSPS) is 39.0. The molecule has 1 saturated carbocycles. The first kappa shape index (κ1) is 9.05. The quantitative estimate of drug-likeness (QED) is 0.651. The summed E-state index contributed by atoms with van der Waals surface area (Å²) in [6, 6.07) is 0. The highest BCUT2D eigenvalue weighted by atomic mass is 16.3. The van der Waals surface area contributed by atoms with Crippen LogP contribution in [0.1, 0.15) is 46.0 Å². The summed E-state index contributed by atoms with van der Waals surface area (Å²) in [4.78, 5) is 0. The molecule has 0 spiro atoms. The van der Waals surface area contributed by atoms with Crippen molar-refractivity contribution in [1.82, 2.24) is 0 Å². The van der Waals surface area contributed by atoms with E-state index in [2.05, 4.69) is 13.8 Å². The molecule has 0 amide bonds. The third-order valence-corrected chi connectivity index (χ3v) is 2.86. The fourth-order valence-corrected chi connectivity index (χ4v) is 2.16. The second kappa shape index (κ2) is 4.10. The number of aliphatic hydroxyl groups is 1. The number of hydrogen-bond acceptors (Lipinski definition) is 1. The summed E-state index contributed by atoms with van der Waals surface area (Å²) in [6.45, 7) is 4.50. The molecule has 0 heterocycles. The maximum Gasteiger partial charge on any atom is 0.0568 e. The van der Waals surface area contributed by atoms with E-state index in [1.807, 2.05) is 0 Å². The van der Waals surface area contributed by atoms with Gasteiger partial charge in [-0.1, -0.05) is 20.3 Å². The molecule has 1 rings (SSSR count). The highest BCUT2D eigenvalue weighted by Gasteiger charge is 2.25. The molecule has 1 N–H and O–H groups in total. The molecule has 0 aromatic rings. The van der Waals surface area contributed by atoms with Crippen molar-refractivity contribution in [2.24, 2.45) is 11.8 Å². The van der Waals surface area contributed by atoms with Crippen LogP contribution in [-0.2, 0) is 0 Å². The first-order chi connectivity index (χ1) is 5.24. The second-order valence-corrected chi connectivity index (χ2v) is 4.03. The van der Waals surface area contributed by atoms with Crippen LogP contribution in [0.15, 0.2) is 0 Å². The SMILES string of the molecule is CCCC1CC(C)CCC1O. The van der Waals surface area contributed by atoms with E-state index in [4.69, 9.17) is 0 Å². The Balaban J connectivity index is 2.34. The van der Waals surface area contributed by atoms with E-state index in [1.165, 1.54) is 25.7 Å².